The Kier molecular flexibility index (Phi) is 4.87. The van der Waals surface area contributed by atoms with Gasteiger partial charge in [0.2, 0.25) is 0 Å². The van der Waals surface area contributed by atoms with Gasteiger partial charge in [0.1, 0.15) is 6.29 Å². The Labute approximate surface area is 98.3 Å². The van der Waals surface area contributed by atoms with Crippen LogP contribution in [0.2, 0.25) is 0 Å². The number of alkyl halides is 2. The van der Waals surface area contributed by atoms with Crippen molar-refractivity contribution in [3.63, 3.8) is 0 Å². The molecule has 0 heterocycles. The third-order valence-corrected chi connectivity index (χ3v) is 2.36. The van der Waals surface area contributed by atoms with Crippen molar-refractivity contribution in [2.45, 2.75) is 19.3 Å². The van der Waals surface area contributed by atoms with Crippen molar-refractivity contribution in [3.8, 4) is 11.5 Å². The summed E-state index contributed by atoms with van der Waals surface area (Å²) in [6.45, 7) is 0. The number of hydrogen-bond donors (Lipinski definition) is 0. The maximum Gasteiger partial charge on any atom is 0.263 e. The molecule has 0 unspecified atom stereocenters. The molecule has 1 aromatic rings. The fourth-order valence-electron chi connectivity index (χ4n) is 1.59. The highest BCUT2D eigenvalue weighted by molar-refractivity contribution is 5.54. The Morgan fingerprint density at radius 1 is 1.29 bits per heavy atom. The van der Waals surface area contributed by atoms with Crippen molar-refractivity contribution in [2.75, 3.05) is 14.2 Å². The zero-order chi connectivity index (χ0) is 12.8. The molecule has 0 aliphatic rings. The summed E-state index contributed by atoms with van der Waals surface area (Å²) in [5, 5.41) is 0. The van der Waals surface area contributed by atoms with Crippen LogP contribution >= 0.6 is 0 Å². The maximum absolute atomic E-state index is 12.7. The van der Waals surface area contributed by atoms with E-state index >= 15 is 0 Å². The van der Waals surface area contributed by atoms with Crippen LogP contribution in [0.25, 0.3) is 0 Å². The summed E-state index contributed by atoms with van der Waals surface area (Å²) in [6.07, 6.45) is -1.23. The fraction of sp³-hybridized carbons (Fsp3) is 0.417. The van der Waals surface area contributed by atoms with Gasteiger partial charge in [0, 0.05) is 12.0 Å². The van der Waals surface area contributed by atoms with E-state index in [0.29, 0.717) is 17.7 Å². The molecule has 0 N–H and O–H groups in total. The molecular formula is C12H14F2O3. The van der Waals surface area contributed by atoms with Gasteiger partial charge in [0.05, 0.1) is 14.2 Å². The molecule has 0 aliphatic carbocycles. The summed E-state index contributed by atoms with van der Waals surface area (Å²) in [6, 6.07) is 2.59. The Hall–Kier alpha value is -1.65. The van der Waals surface area contributed by atoms with Crippen LogP contribution in [0.3, 0.4) is 0 Å². The molecule has 0 aliphatic heterocycles. The standard InChI is InChI=1S/C12H14F2O3/c1-16-10-7-9(12(13)14)6-8(4-3-5-15)11(10)17-2/h5-7,12H,3-4H2,1-2H3. The van der Waals surface area contributed by atoms with E-state index in [1.807, 2.05) is 0 Å². The highest BCUT2D eigenvalue weighted by atomic mass is 19.3. The Bertz CT molecular complexity index is 392. The van der Waals surface area contributed by atoms with Crippen LogP contribution in [0.1, 0.15) is 24.0 Å². The summed E-state index contributed by atoms with van der Waals surface area (Å²) >= 11 is 0. The first-order chi connectivity index (χ1) is 8.13. The number of ether oxygens (including phenoxy) is 2. The molecule has 0 fully saturated rings. The van der Waals surface area contributed by atoms with E-state index in [-0.39, 0.29) is 17.7 Å². The van der Waals surface area contributed by atoms with Crippen LogP contribution in [0.5, 0.6) is 11.5 Å². The highest BCUT2D eigenvalue weighted by Gasteiger charge is 2.16. The summed E-state index contributed by atoms with van der Waals surface area (Å²) < 4.78 is 35.4. The van der Waals surface area contributed by atoms with Crippen LogP contribution in [0.15, 0.2) is 12.1 Å². The molecule has 0 amide bonds. The molecule has 5 heteroatoms. The first-order valence-electron chi connectivity index (χ1n) is 5.10. The minimum atomic E-state index is -2.58. The molecule has 0 spiro atoms. The quantitative estimate of drug-likeness (QED) is 0.722. The minimum Gasteiger partial charge on any atom is -0.493 e. The van der Waals surface area contributed by atoms with Crippen molar-refractivity contribution in [1.82, 2.24) is 0 Å². The first kappa shape index (κ1) is 13.4. The van der Waals surface area contributed by atoms with Gasteiger partial charge in [-0.1, -0.05) is 0 Å². The SMILES string of the molecule is COc1cc(C(F)F)cc(CCC=O)c1OC. The first-order valence-corrected chi connectivity index (χ1v) is 5.10. The molecule has 1 aromatic carbocycles. The molecule has 0 saturated carbocycles. The number of hydrogen-bond acceptors (Lipinski definition) is 3. The highest BCUT2D eigenvalue weighted by Crippen LogP contribution is 2.36. The average Bonchev–Trinajstić information content (AvgIpc) is 2.34. The molecule has 17 heavy (non-hydrogen) atoms. The van der Waals surface area contributed by atoms with Gasteiger partial charge in [0.25, 0.3) is 6.43 Å². The topological polar surface area (TPSA) is 35.5 Å². The average molecular weight is 244 g/mol. The van der Waals surface area contributed by atoms with E-state index in [9.17, 15) is 13.6 Å². The largest absolute Gasteiger partial charge is 0.493 e. The zero-order valence-corrected chi connectivity index (χ0v) is 9.70. The second kappa shape index (κ2) is 6.18. The molecule has 0 aromatic heterocycles. The van der Waals surface area contributed by atoms with Crippen molar-refractivity contribution in [2.24, 2.45) is 0 Å². The van der Waals surface area contributed by atoms with Gasteiger partial charge in [-0.3, -0.25) is 0 Å². The van der Waals surface area contributed by atoms with E-state index < -0.39 is 6.43 Å². The molecule has 0 radical (unpaired) electrons. The number of aldehydes is 1. The van der Waals surface area contributed by atoms with Crippen LogP contribution in [-0.4, -0.2) is 20.5 Å². The summed E-state index contributed by atoms with van der Waals surface area (Å²) in [4.78, 5) is 10.3. The second-order valence-corrected chi connectivity index (χ2v) is 3.42. The van der Waals surface area contributed by atoms with Gasteiger partial charge < -0.3 is 14.3 Å². The molecular weight excluding hydrogens is 230 g/mol. The molecule has 0 bridgehead atoms. The Morgan fingerprint density at radius 2 is 2.00 bits per heavy atom. The second-order valence-electron chi connectivity index (χ2n) is 3.42. The number of halogens is 2. The minimum absolute atomic E-state index is 0.136. The van der Waals surface area contributed by atoms with E-state index in [1.165, 1.54) is 26.4 Å². The fourth-order valence-corrected chi connectivity index (χ4v) is 1.59. The van der Waals surface area contributed by atoms with E-state index in [1.54, 1.807) is 0 Å². The number of methoxy groups -OCH3 is 2. The van der Waals surface area contributed by atoms with E-state index in [2.05, 4.69) is 0 Å². The third kappa shape index (κ3) is 3.15. The third-order valence-electron chi connectivity index (χ3n) is 2.36. The molecule has 1 rings (SSSR count). The van der Waals surface area contributed by atoms with Crippen LogP contribution in [-0.2, 0) is 11.2 Å². The molecule has 3 nitrogen and oxygen atoms in total. The van der Waals surface area contributed by atoms with Crippen molar-refractivity contribution < 1.29 is 23.0 Å². The molecule has 0 atom stereocenters. The molecule has 94 valence electrons. The predicted molar refractivity (Wildman–Crippen MR) is 58.9 cm³/mol. The molecule has 0 saturated heterocycles. The lowest BCUT2D eigenvalue weighted by atomic mass is 10.0. The predicted octanol–water partition coefficient (Wildman–Crippen LogP) is 2.77. The van der Waals surface area contributed by atoms with Crippen LogP contribution in [0, 0.1) is 0 Å². The van der Waals surface area contributed by atoms with Gasteiger partial charge in [-0.15, -0.1) is 0 Å². The zero-order valence-electron chi connectivity index (χ0n) is 9.70. The van der Waals surface area contributed by atoms with Crippen LogP contribution in [0.4, 0.5) is 8.78 Å². The van der Waals surface area contributed by atoms with Gasteiger partial charge >= 0.3 is 0 Å². The lowest BCUT2D eigenvalue weighted by Gasteiger charge is -2.14. The monoisotopic (exact) mass is 244 g/mol. The van der Waals surface area contributed by atoms with Crippen molar-refractivity contribution >= 4 is 6.29 Å². The van der Waals surface area contributed by atoms with Gasteiger partial charge in [-0.2, -0.15) is 0 Å². The Balaban J connectivity index is 3.21. The van der Waals surface area contributed by atoms with Gasteiger partial charge in [-0.25, -0.2) is 8.78 Å². The lowest BCUT2D eigenvalue weighted by molar-refractivity contribution is -0.107. The van der Waals surface area contributed by atoms with E-state index in [4.69, 9.17) is 9.47 Å². The van der Waals surface area contributed by atoms with Crippen molar-refractivity contribution in [1.29, 1.82) is 0 Å². The summed E-state index contributed by atoms with van der Waals surface area (Å²) in [5.41, 5.74) is 0.415. The van der Waals surface area contributed by atoms with Gasteiger partial charge in [0.15, 0.2) is 11.5 Å². The smallest absolute Gasteiger partial charge is 0.263 e. The number of carbonyl (C=O) groups is 1. The van der Waals surface area contributed by atoms with Gasteiger partial charge in [-0.05, 0) is 24.1 Å². The number of aryl methyl sites for hydroxylation is 1. The Morgan fingerprint density at radius 3 is 2.47 bits per heavy atom. The number of benzene rings is 1. The van der Waals surface area contributed by atoms with Crippen LogP contribution < -0.4 is 9.47 Å². The normalized spacial score (nSPS) is 10.4. The lowest BCUT2D eigenvalue weighted by Crippen LogP contribution is -1.99. The number of carbonyl (C=O) groups excluding carboxylic acids is 1. The summed E-state index contributed by atoms with van der Waals surface area (Å²) in [7, 11) is 2.82. The van der Waals surface area contributed by atoms with Crippen molar-refractivity contribution in [3.05, 3.63) is 23.3 Å². The van der Waals surface area contributed by atoms with E-state index in [0.717, 1.165) is 6.29 Å². The maximum atomic E-state index is 12.7. The summed E-state index contributed by atoms with van der Waals surface area (Å²) in [5.74, 6) is 0.657. The number of rotatable bonds is 6.